The molecule has 1 N–H and O–H groups in total. The number of sulfonamides is 1. The van der Waals surface area contributed by atoms with Gasteiger partial charge in [0.05, 0.1) is 12.0 Å². The highest BCUT2D eigenvalue weighted by molar-refractivity contribution is 7.92. The molecule has 0 saturated heterocycles. The molecule has 0 unspecified atom stereocenters. The van der Waals surface area contributed by atoms with Crippen LogP contribution in [-0.4, -0.2) is 25.7 Å². The molecule has 0 aliphatic carbocycles. The Hall–Kier alpha value is -3.65. The van der Waals surface area contributed by atoms with E-state index in [1.54, 1.807) is 36.4 Å². The molecule has 0 atom stereocenters. The van der Waals surface area contributed by atoms with Crippen LogP contribution in [0.2, 0.25) is 0 Å². The number of methoxy groups -OCH3 is 1. The van der Waals surface area contributed by atoms with Gasteiger partial charge in [-0.3, -0.25) is 4.72 Å². The Kier molecular flexibility index (Phi) is 5.01. The molecule has 3 aromatic carbocycles. The zero-order chi connectivity index (χ0) is 20.3. The number of aromatic nitrogens is 2. The Balaban J connectivity index is 1.53. The van der Waals surface area contributed by atoms with Crippen molar-refractivity contribution in [2.24, 2.45) is 0 Å². The lowest BCUT2D eigenvalue weighted by Crippen LogP contribution is -2.12. The molecule has 0 bridgehead atoms. The molecule has 146 valence electrons. The third-order valence-electron chi connectivity index (χ3n) is 4.18. The van der Waals surface area contributed by atoms with Crippen LogP contribution in [0.5, 0.6) is 5.75 Å². The molecule has 4 rings (SSSR count). The number of nitrogens with one attached hydrogen (secondary N) is 1. The number of rotatable bonds is 6. The molecule has 0 aliphatic rings. The van der Waals surface area contributed by atoms with Crippen LogP contribution in [0, 0.1) is 0 Å². The second-order valence-corrected chi connectivity index (χ2v) is 7.82. The van der Waals surface area contributed by atoms with Crippen molar-refractivity contribution in [1.29, 1.82) is 0 Å². The van der Waals surface area contributed by atoms with Crippen LogP contribution in [0.25, 0.3) is 22.9 Å². The maximum atomic E-state index is 12.6. The van der Waals surface area contributed by atoms with Crippen molar-refractivity contribution in [3.05, 3.63) is 78.9 Å². The van der Waals surface area contributed by atoms with Gasteiger partial charge < -0.3 is 9.15 Å². The fourth-order valence-electron chi connectivity index (χ4n) is 2.70. The van der Waals surface area contributed by atoms with Gasteiger partial charge in [0.15, 0.2) is 0 Å². The first-order valence-electron chi connectivity index (χ1n) is 8.71. The van der Waals surface area contributed by atoms with E-state index in [4.69, 9.17) is 9.15 Å². The van der Waals surface area contributed by atoms with Crippen LogP contribution in [0.15, 0.2) is 88.2 Å². The first-order chi connectivity index (χ1) is 14.0. The summed E-state index contributed by atoms with van der Waals surface area (Å²) < 4.78 is 38.5. The number of nitrogens with zero attached hydrogens (tertiary/aromatic N) is 2. The highest BCUT2D eigenvalue weighted by Crippen LogP contribution is 2.26. The number of hydrogen-bond acceptors (Lipinski definition) is 6. The van der Waals surface area contributed by atoms with E-state index >= 15 is 0 Å². The summed E-state index contributed by atoms with van der Waals surface area (Å²) in [6.07, 6.45) is 0. The van der Waals surface area contributed by atoms with Gasteiger partial charge in [-0.15, -0.1) is 10.2 Å². The fourth-order valence-corrected chi connectivity index (χ4v) is 3.79. The van der Waals surface area contributed by atoms with Gasteiger partial charge in [0.1, 0.15) is 5.75 Å². The van der Waals surface area contributed by atoms with E-state index in [1.165, 1.54) is 19.2 Å². The van der Waals surface area contributed by atoms with E-state index in [-0.39, 0.29) is 4.90 Å². The fraction of sp³-hybridized carbons (Fsp3) is 0.0476. The first-order valence-corrected chi connectivity index (χ1v) is 10.2. The van der Waals surface area contributed by atoms with Crippen LogP contribution in [0.4, 0.5) is 5.69 Å². The average Bonchev–Trinajstić information content (AvgIpc) is 3.25. The molecular formula is C21H17N3O4S. The summed E-state index contributed by atoms with van der Waals surface area (Å²) in [4.78, 5) is 0.116. The molecule has 0 radical (unpaired) electrons. The Morgan fingerprint density at radius 3 is 2.14 bits per heavy atom. The lowest BCUT2D eigenvalue weighted by molar-refractivity contribution is 0.413. The van der Waals surface area contributed by atoms with E-state index in [2.05, 4.69) is 14.9 Å². The second-order valence-electron chi connectivity index (χ2n) is 6.14. The van der Waals surface area contributed by atoms with Crippen molar-refractivity contribution in [2.45, 2.75) is 4.90 Å². The number of anilines is 1. The SMILES string of the molecule is COc1cccc(S(=O)(=O)Nc2ccc(-c3nnc(-c4ccccc4)o3)cc2)c1. The maximum Gasteiger partial charge on any atom is 0.262 e. The van der Waals surface area contributed by atoms with E-state index < -0.39 is 10.0 Å². The molecule has 8 heteroatoms. The number of ether oxygens (including phenoxy) is 1. The molecule has 0 spiro atoms. The molecule has 0 fully saturated rings. The van der Waals surface area contributed by atoms with Gasteiger partial charge in [-0.25, -0.2) is 8.42 Å². The lowest BCUT2D eigenvalue weighted by Gasteiger charge is -2.09. The largest absolute Gasteiger partial charge is 0.497 e. The topological polar surface area (TPSA) is 94.3 Å². The molecule has 4 aromatic rings. The van der Waals surface area contributed by atoms with Crippen LogP contribution in [0.3, 0.4) is 0 Å². The summed E-state index contributed by atoms with van der Waals surface area (Å²) in [6, 6.07) is 22.4. The maximum absolute atomic E-state index is 12.6. The van der Waals surface area contributed by atoms with Crippen molar-refractivity contribution in [3.63, 3.8) is 0 Å². The van der Waals surface area contributed by atoms with Gasteiger partial charge in [0.2, 0.25) is 11.8 Å². The standard InChI is InChI=1S/C21H17N3O4S/c1-27-18-8-5-9-19(14-18)29(25,26)24-17-12-10-16(11-13-17)21-23-22-20(28-21)15-6-3-2-4-7-15/h2-14,24H,1H3. The van der Waals surface area contributed by atoms with E-state index in [9.17, 15) is 8.42 Å². The Bertz CT molecular complexity index is 1220. The molecule has 1 aromatic heterocycles. The van der Waals surface area contributed by atoms with Crippen LogP contribution >= 0.6 is 0 Å². The van der Waals surface area contributed by atoms with E-state index in [1.807, 2.05) is 30.3 Å². The monoisotopic (exact) mass is 407 g/mol. The summed E-state index contributed by atoms with van der Waals surface area (Å²) in [5, 5.41) is 8.13. The third kappa shape index (κ3) is 4.12. The minimum Gasteiger partial charge on any atom is -0.497 e. The molecule has 29 heavy (non-hydrogen) atoms. The van der Waals surface area contributed by atoms with Crippen molar-refractivity contribution >= 4 is 15.7 Å². The van der Waals surface area contributed by atoms with Crippen molar-refractivity contribution < 1.29 is 17.6 Å². The first kappa shape index (κ1) is 18.7. The number of hydrogen-bond donors (Lipinski definition) is 1. The van der Waals surface area contributed by atoms with Gasteiger partial charge in [-0.1, -0.05) is 24.3 Å². The molecular weight excluding hydrogens is 390 g/mol. The van der Waals surface area contributed by atoms with Gasteiger partial charge in [-0.2, -0.15) is 0 Å². The van der Waals surface area contributed by atoms with Gasteiger partial charge in [0.25, 0.3) is 10.0 Å². The van der Waals surface area contributed by atoms with Crippen LogP contribution in [0.1, 0.15) is 0 Å². The van der Waals surface area contributed by atoms with E-state index in [0.717, 1.165) is 5.56 Å². The summed E-state index contributed by atoms with van der Waals surface area (Å²) in [5.74, 6) is 1.24. The quantitative estimate of drug-likeness (QED) is 0.514. The minimum absolute atomic E-state index is 0.116. The van der Waals surface area contributed by atoms with Gasteiger partial charge >= 0.3 is 0 Å². The third-order valence-corrected chi connectivity index (χ3v) is 5.56. The molecule has 0 saturated carbocycles. The predicted octanol–water partition coefficient (Wildman–Crippen LogP) is 4.21. The predicted molar refractivity (Wildman–Crippen MR) is 109 cm³/mol. The highest BCUT2D eigenvalue weighted by atomic mass is 32.2. The highest BCUT2D eigenvalue weighted by Gasteiger charge is 2.16. The summed E-state index contributed by atoms with van der Waals surface area (Å²) in [7, 11) is -2.25. The van der Waals surface area contributed by atoms with Crippen LogP contribution < -0.4 is 9.46 Å². The van der Waals surface area contributed by atoms with Crippen molar-refractivity contribution in [1.82, 2.24) is 10.2 Å². The normalized spacial score (nSPS) is 11.2. The molecule has 0 amide bonds. The summed E-state index contributed by atoms with van der Waals surface area (Å²) >= 11 is 0. The molecule has 0 aliphatic heterocycles. The Morgan fingerprint density at radius 2 is 1.48 bits per heavy atom. The zero-order valence-electron chi connectivity index (χ0n) is 15.4. The van der Waals surface area contributed by atoms with Gasteiger partial charge in [-0.05, 0) is 48.5 Å². The van der Waals surface area contributed by atoms with Crippen molar-refractivity contribution in [3.8, 4) is 28.7 Å². The zero-order valence-corrected chi connectivity index (χ0v) is 16.3. The molecule has 7 nitrogen and oxygen atoms in total. The minimum atomic E-state index is -3.74. The molecule has 1 heterocycles. The summed E-state index contributed by atoms with van der Waals surface area (Å²) in [5.41, 5.74) is 1.93. The Labute approximate surface area is 168 Å². The second kappa shape index (κ2) is 7.76. The van der Waals surface area contributed by atoms with E-state index in [0.29, 0.717) is 28.8 Å². The van der Waals surface area contributed by atoms with Crippen molar-refractivity contribution in [2.75, 3.05) is 11.8 Å². The number of benzene rings is 3. The average molecular weight is 407 g/mol. The summed E-state index contributed by atoms with van der Waals surface area (Å²) in [6.45, 7) is 0. The van der Waals surface area contributed by atoms with Crippen LogP contribution in [-0.2, 0) is 10.0 Å². The van der Waals surface area contributed by atoms with Gasteiger partial charge in [0, 0.05) is 22.9 Å². The Morgan fingerprint density at radius 1 is 0.828 bits per heavy atom. The lowest BCUT2D eigenvalue weighted by atomic mass is 10.2. The smallest absolute Gasteiger partial charge is 0.262 e.